The zero-order valence-corrected chi connectivity index (χ0v) is 11.7. The summed E-state index contributed by atoms with van der Waals surface area (Å²) in [6.45, 7) is 4.45. The number of carboxylic acids is 1. The van der Waals surface area contributed by atoms with E-state index in [0.717, 1.165) is 19.3 Å². The molecule has 5 heteroatoms. The van der Waals surface area contributed by atoms with E-state index in [0.29, 0.717) is 6.54 Å². The molecule has 19 heavy (non-hydrogen) atoms. The van der Waals surface area contributed by atoms with E-state index in [-0.39, 0.29) is 18.5 Å². The molecule has 0 heterocycles. The van der Waals surface area contributed by atoms with Gasteiger partial charge in [0.1, 0.15) is 0 Å². The van der Waals surface area contributed by atoms with Crippen LogP contribution < -0.4 is 10.6 Å². The van der Waals surface area contributed by atoms with Crippen molar-refractivity contribution in [2.24, 2.45) is 11.8 Å². The van der Waals surface area contributed by atoms with Crippen molar-refractivity contribution >= 4 is 12.0 Å². The second kappa shape index (κ2) is 7.81. The fourth-order valence-electron chi connectivity index (χ4n) is 2.17. The SMILES string of the molecule is CC(C)C(CNC(=O)NCCC1=CCCC1)C(=O)O. The molecule has 5 nitrogen and oxygen atoms in total. The minimum Gasteiger partial charge on any atom is -0.481 e. The molecule has 0 saturated carbocycles. The molecular formula is C14H24N2O3. The lowest BCUT2D eigenvalue weighted by molar-refractivity contribution is -0.142. The standard InChI is InChI=1S/C14H24N2O3/c1-10(2)12(13(17)18)9-16-14(19)15-8-7-11-5-3-4-6-11/h5,10,12H,3-4,6-9H2,1-2H3,(H,17,18)(H2,15,16,19). The molecule has 0 aliphatic heterocycles. The number of carboxylic acid groups (broad SMARTS) is 1. The van der Waals surface area contributed by atoms with Gasteiger partial charge in [-0.1, -0.05) is 25.5 Å². The lowest BCUT2D eigenvalue weighted by Crippen LogP contribution is -2.41. The molecule has 1 rings (SSSR count). The van der Waals surface area contributed by atoms with Crippen LogP contribution in [0, 0.1) is 11.8 Å². The first-order chi connectivity index (χ1) is 9.00. The van der Waals surface area contributed by atoms with Gasteiger partial charge in [0, 0.05) is 13.1 Å². The maximum absolute atomic E-state index is 11.5. The molecule has 1 atom stereocenters. The molecule has 3 N–H and O–H groups in total. The molecule has 2 amide bonds. The molecule has 1 unspecified atom stereocenters. The molecule has 0 spiro atoms. The van der Waals surface area contributed by atoms with Crippen LogP contribution in [0.15, 0.2) is 11.6 Å². The molecule has 0 saturated heterocycles. The highest BCUT2D eigenvalue weighted by atomic mass is 16.4. The Balaban J connectivity index is 2.17. The summed E-state index contributed by atoms with van der Waals surface area (Å²) in [4.78, 5) is 22.5. The Labute approximate surface area is 114 Å². The monoisotopic (exact) mass is 268 g/mol. The van der Waals surface area contributed by atoms with Crippen LogP contribution in [-0.4, -0.2) is 30.2 Å². The number of carbonyl (C=O) groups is 2. The lowest BCUT2D eigenvalue weighted by Gasteiger charge is -2.17. The highest BCUT2D eigenvalue weighted by molar-refractivity contribution is 5.75. The smallest absolute Gasteiger partial charge is 0.314 e. The zero-order chi connectivity index (χ0) is 14.3. The van der Waals surface area contributed by atoms with Crippen molar-refractivity contribution in [3.8, 4) is 0 Å². The van der Waals surface area contributed by atoms with E-state index in [1.165, 1.54) is 12.0 Å². The number of allylic oxidation sites excluding steroid dienone is 1. The second-order valence-corrected chi connectivity index (χ2v) is 5.33. The van der Waals surface area contributed by atoms with Crippen molar-refractivity contribution < 1.29 is 14.7 Å². The Bertz CT molecular complexity index is 351. The first-order valence-corrected chi connectivity index (χ1v) is 6.93. The van der Waals surface area contributed by atoms with Gasteiger partial charge in [0.15, 0.2) is 0 Å². The Kier molecular flexibility index (Phi) is 6.39. The number of rotatable bonds is 7. The summed E-state index contributed by atoms with van der Waals surface area (Å²) < 4.78 is 0. The van der Waals surface area contributed by atoms with Crippen LogP contribution in [0.3, 0.4) is 0 Å². The molecule has 1 aliphatic carbocycles. The summed E-state index contributed by atoms with van der Waals surface area (Å²) in [7, 11) is 0. The van der Waals surface area contributed by atoms with Crippen molar-refractivity contribution in [3.63, 3.8) is 0 Å². The van der Waals surface area contributed by atoms with Gasteiger partial charge < -0.3 is 15.7 Å². The third kappa shape index (κ3) is 5.77. The van der Waals surface area contributed by atoms with Crippen molar-refractivity contribution in [3.05, 3.63) is 11.6 Å². The highest BCUT2D eigenvalue weighted by Crippen LogP contribution is 2.19. The van der Waals surface area contributed by atoms with E-state index >= 15 is 0 Å². The van der Waals surface area contributed by atoms with Gasteiger partial charge in [0.2, 0.25) is 0 Å². The van der Waals surface area contributed by atoms with Gasteiger partial charge in [0.25, 0.3) is 0 Å². The van der Waals surface area contributed by atoms with Gasteiger partial charge in [-0.2, -0.15) is 0 Å². The molecule has 108 valence electrons. The van der Waals surface area contributed by atoms with Crippen LogP contribution in [-0.2, 0) is 4.79 Å². The largest absolute Gasteiger partial charge is 0.481 e. The number of urea groups is 1. The summed E-state index contributed by atoms with van der Waals surface area (Å²) >= 11 is 0. The predicted molar refractivity (Wildman–Crippen MR) is 73.9 cm³/mol. The van der Waals surface area contributed by atoms with Gasteiger partial charge in [-0.05, 0) is 31.6 Å². The Morgan fingerprint density at radius 3 is 2.63 bits per heavy atom. The average Bonchev–Trinajstić information content (AvgIpc) is 2.81. The summed E-state index contributed by atoms with van der Waals surface area (Å²) in [5.41, 5.74) is 1.41. The van der Waals surface area contributed by atoms with E-state index in [1.54, 1.807) is 0 Å². The molecule has 0 aromatic rings. The van der Waals surface area contributed by atoms with Crippen molar-refractivity contribution in [1.29, 1.82) is 0 Å². The molecule has 1 aliphatic rings. The number of amides is 2. The van der Waals surface area contributed by atoms with Crippen molar-refractivity contribution in [2.45, 2.75) is 39.5 Å². The van der Waals surface area contributed by atoms with E-state index in [9.17, 15) is 9.59 Å². The maximum atomic E-state index is 11.5. The molecular weight excluding hydrogens is 244 g/mol. The van der Waals surface area contributed by atoms with E-state index in [1.807, 2.05) is 13.8 Å². The lowest BCUT2D eigenvalue weighted by atomic mass is 9.96. The molecule has 0 aromatic heterocycles. The summed E-state index contributed by atoms with van der Waals surface area (Å²) in [6.07, 6.45) is 6.63. The first kappa shape index (κ1) is 15.5. The van der Waals surface area contributed by atoms with Gasteiger partial charge in [0.05, 0.1) is 5.92 Å². The van der Waals surface area contributed by atoms with Crippen molar-refractivity contribution in [1.82, 2.24) is 10.6 Å². The number of nitrogens with one attached hydrogen (secondary N) is 2. The summed E-state index contributed by atoms with van der Waals surface area (Å²) in [5, 5.41) is 14.4. The molecule has 0 bridgehead atoms. The van der Waals surface area contributed by atoms with Crippen LogP contribution in [0.25, 0.3) is 0 Å². The normalized spacial score (nSPS) is 16.1. The predicted octanol–water partition coefficient (Wildman–Crippen LogP) is 2.14. The number of carbonyl (C=O) groups excluding carboxylic acids is 1. The number of hydrogen-bond acceptors (Lipinski definition) is 2. The van der Waals surface area contributed by atoms with Crippen LogP contribution in [0.4, 0.5) is 4.79 Å². The van der Waals surface area contributed by atoms with E-state index < -0.39 is 11.9 Å². The Morgan fingerprint density at radius 1 is 1.37 bits per heavy atom. The van der Waals surface area contributed by atoms with Crippen LogP contribution >= 0.6 is 0 Å². The van der Waals surface area contributed by atoms with Gasteiger partial charge in [-0.15, -0.1) is 0 Å². The minimum atomic E-state index is -0.869. The molecule has 0 aromatic carbocycles. The Hall–Kier alpha value is -1.52. The first-order valence-electron chi connectivity index (χ1n) is 6.93. The van der Waals surface area contributed by atoms with Gasteiger partial charge in [-0.3, -0.25) is 4.79 Å². The summed E-state index contributed by atoms with van der Waals surface area (Å²) in [5.74, 6) is -1.41. The van der Waals surface area contributed by atoms with Crippen LogP contribution in [0.5, 0.6) is 0 Å². The maximum Gasteiger partial charge on any atom is 0.314 e. The minimum absolute atomic E-state index is 0.00134. The second-order valence-electron chi connectivity index (χ2n) is 5.33. The third-order valence-corrected chi connectivity index (χ3v) is 3.47. The molecule has 0 radical (unpaired) electrons. The quantitative estimate of drug-likeness (QED) is 0.619. The molecule has 0 fully saturated rings. The van der Waals surface area contributed by atoms with E-state index in [2.05, 4.69) is 16.7 Å². The topological polar surface area (TPSA) is 78.4 Å². The number of aliphatic carboxylic acids is 1. The summed E-state index contributed by atoms with van der Waals surface area (Å²) in [6, 6.07) is -0.287. The highest BCUT2D eigenvalue weighted by Gasteiger charge is 2.21. The van der Waals surface area contributed by atoms with Crippen molar-refractivity contribution in [2.75, 3.05) is 13.1 Å². The van der Waals surface area contributed by atoms with Gasteiger partial charge in [-0.25, -0.2) is 4.79 Å². The van der Waals surface area contributed by atoms with Crippen LogP contribution in [0.2, 0.25) is 0 Å². The van der Waals surface area contributed by atoms with Crippen LogP contribution in [0.1, 0.15) is 39.5 Å². The third-order valence-electron chi connectivity index (χ3n) is 3.47. The fraction of sp³-hybridized carbons (Fsp3) is 0.714. The number of hydrogen-bond donors (Lipinski definition) is 3. The zero-order valence-electron chi connectivity index (χ0n) is 11.7. The fourth-order valence-corrected chi connectivity index (χ4v) is 2.17. The Morgan fingerprint density at radius 2 is 2.11 bits per heavy atom. The van der Waals surface area contributed by atoms with Gasteiger partial charge >= 0.3 is 12.0 Å². The average molecular weight is 268 g/mol. The van der Waals surface area contributed by atoms with E-state index in [4.69, 9.17) is 5.11 Å².